The van der Waals surface area contributed by atoms with Crippen LogP contribution in [0.2, 0.25) is 0 Å². The van der Waals surface area contributed by atoms with E-state index in [-0.39, 0.29) is 25.2 Å². The number of amides is 1. The number of hydrogen-bond donors (Lipinski definition) is 1. The van der Waals surface area contributed by atoms with Crippen molar-refractivity contribution in [2.45, 2.75) is 0 Å². The van der Waals surface area contributed by atoms with Gasteiger partial charge in [-0.15, -0.1) is 6.58 Å². The zero-order chi connectivity index (χ0) is 15.2. The Morgan fingerprint density at radius 3 is 2.65 bits per heavy atom. The topological polar surface area (TPSA) is 66.5 Å². The second-order valence-electron chi connectivity index (χ2n) is 4.15. The lowest BCUT2D eigenvalue weighted by Gasteiger charge is -2.18. The van der Waals surface area contributed by atoms with Crippen LogP contribution >= 0.6 is 0 Å². The van der Waals surface area contributed by atoms with Crippen LogP contribution in [-0.2, 0) is 10.0 Å². The third kappa shape index (κ3) is 4.75. The predicted molar refractivity (Wildman–Crippen MR) is 75.3 cm³/mol. The van der Waals surface area contributed by atoms with E-state index < -0.39 is 21.7 Å². The molecule has 1 amide bonds. The molecule has 0 bridgehead atoms. The molecular weight excluding hydrogens is 283 g/mol. The van der Waals surface area contributed by atoms with E-state index in [1.165, 1.54) is 28.6 Å². The second-order valence-corrected chi connectivity index (χ2v) is 6.13. The summed E-state index contributed by atoms with van der Waals surface area (Å²) < 4.78 is 37.4. The van der Waals surface area contributed by atoms with Crippen molar-refractivity contribution >= 4 is 15.9 Å². The molecule has 5 nitrogen and oxygen atoms in total. The number of benzene rings is 1. The van der Waals surface area contributed by atoms with Gasteiger partial charge in [-0.2, -0.15) is 4.31 Å². The Balaban J connectivity index is 2.57. The smallest absolute Gasteiger partial charge is 0.254 e. The van der Waals surface area contributed by atoms with E-state index in [4.69, 9.17) is 0 Å². The molecule has 1 rings (SSSR count). The van der Waals surface area contributed by atoms with Gasteiger partial charge >= 0.3 is 0 Å². The second kappa shape index (κ2) is 7.16. The summed E-state index contributed by atoms with van der Waals surface area (Å²) in [6.45, 7) is 3.83. The van der Waals surface area contributed by atoms with Crippen LogP contribution in [0, 0.1) is 5.82 Å². The Labute approximate surface area is 118 Å². The molecule has 0 aliphatic carbocycles. The Morgan fingerprint density at radius 1 is 1.45 bits per heavy atom. The summed E-state index contributed by atoms with van der Waals surface area (Å²) in [6, 6.07) is 5.60. The first-order chi connectivity index (χ1) is 9.36. The molecule has 0 radical (unpaired) electrons. The highest BCUT2D eigenvalue weighted by Gasteiger charge is 2.15. The minimum absolute atomic E-state index is 0.0675. The van der Waals surface area contributed by atoms with Gasteiger partial charge in [-0.3, -0.25) is 4.79 Å². The monoisotopic (exact) mass is 300 g/mol. The number of hydrogen-bond acceptors (Lipinski definition) is 3. The highest BCUT2D eigenvalue weighted by Crippen LogP contribution is 2.05. The van der Waals surface area contributed by atoms with Crippen molar-refractivity contribution in [3.8, 4) is 0 Å². The number of halogens is 1. The normalized spacial score (nSPS) is 11.3. The number of rotatable bonds is 7. The van der Waals surface area contributed by atoms with Crippen LogP contribution in [-0.4, -0.2) is 44.5 Å². The summed E-state index contributed by atoms with van der Waals surface area (Å²) >= 11 is 0. The molecule has 0 fully saturated rings. The summed E-state index contributed by atoms with van der Waals surface area (Å²) in [4.78, 5) is 11.7. The van der Waals surface area contributed by atoms with Gasteiger partial charge in [0.1, 0.15) is 5.82 Å². The quantitative estimate of drug-likeness (QED) is 0.764. The SMILES string of the molecule is C=CCN(CCNC(=O)c1ccccc1F)S(C)(=O)=O. The minimum atomic E-state index is -3.36. The molecule has 0 unspecified atom stereocenters. The molecule has 0 saturated heterocycles. The fourth-order valence-corrected chi connectivity index (χ4v) is 2.37. The van der Waals surface area contributed by atoms with E-state index in [0.717, 1.165) is 6.26 Å². The van der Waals surface area contributed by atoms with E-state index >= 15 is 0 Å². The standard InChI is InChI=1S/C13H17FN2O3S/c1-3-9-16(20(2,18)19)10-8-15-13(17)11-6-4-5-7-12(11)14/h3-7H,1,8-10H2,2H3,(H,15,17). The van der Waals surface area contributed by atoms with Crippen molar-refractivity contribution in [3.63, 3.8) is 0 Å². The Hall–Kier alpha value is -1.73. The fraction of sp³-hybridized carbons (Fsp3) is 0.308. The van der Waals surface area contributed by atoms with Crippen LogP contribution in [0.1, 0.15) is 10.4 Å². The highest BCUT2D eigenvalue weighted by molar-refractivity contribution is 7.88. The summed E-state index contributed by atoms with van der Waals surface area (Å²) in [5, 5.41) is 2.48. The van der Waals surface area contributed by atoms with Crippen molar-refractivity contribution in [1.29, 1.82) is 0 Å². The number of carbonyl (C=O) groups excluding carboxylic acids is 1. The Kier molecular flexibility index (Phi) is 5.84. The lowest BCUT2D eigenvalue weighted by atomic mass is 10.2. The zero-order valence-electron chi connectivity index (χ0n) is 11.2. The van der Waals surface area contributed by atoms with Gasteiger partial charge in [0.2, 0.25) is 10.0 Å². The molecule has 0 spiro atoms. The van der Waals surface area contributed by atoms with Gasteiger partial charge in [0, 0.05) is 19.6 Å². The molecule has 0 aromatic heterocycles. The Bertz CT molecular complexity index is 587. The van der Waals surface area contributed by atoms with E-state index in [1.54, 1.807) is 6.07 Å². The van der Waals surface area contributed by atoms with Gasteiger partial charge in [-0.05, 0) is 12.1 Å². The maximum Gasteiger partial charge on any atom is 0.254 e. The van der Waals surface area contributed by atoms with Crippen LogP contribution < -0.4 is 5.32 Å². The van der Waals surface area contributed by atoms with Gasteiger partial charge in [0.05, 0.1) is 11.8 Å². The molecule has 110 valence electrons. The maximum absolute atomic E-state index is 13.4. The average Bonchev–Trinajstić information content (AvgIpc) is 2.37. The summed E-state index contributed by atoms with van der Waals surface area (Å²) in [6.07, 6.45) is 2.54. The fourth-order valence-electron chi connectivity index (χ4n) is 1.57. The number of carbonyl (C=O) groups is 1. The van der Waals surface area contributed by atoms with Crippen molar-refractivity contribution in [2.75, 3.05) is 25.9 Å². The van der Waals surface area contributed by atoms with Crippen LogP contribution in [0.5, 0.6) is 0 Å². The molecule has 7 heteroatoms. The lowest BCUT2D eigenvalue weighted by Crippen LogP contribution is -2.38. The van der Waals surface area contributed by atoms with Gasteiger partial charge in [0.25, 0.3) is 5.91 Å². The first kappa shape index (κ1) is 16.3. The van der Waals surface area contributed by atoms with Gasteiger partial charge in [-0.1, -0.05) is 18.2 Å². The Morgan fingerprint density at radius 2 is 2.10 bits per heavy atom. The van der Waals surface area contributed by atoms with Crippen LogP contribution in [0.15, 0.2) is 36.9 Å². The van der Waals surface area contributed by atoms with Crippen molar-refractivity contribution < 1.29 is 17.6 Å². The molecule has 20 heavy (non-hydrogen) atoms. The molecule has 1 N–H and O–H groups in total. The molecule has 0 heterocycles. The zero-order valence-corrected chi connectivity index (χ0v) is 12.0. The van der Waals surface area contributed by atoms with E-state index in [2.05, 4.69) is 11.9 Å². The molecule has 1 aromatic rings. The van der Waals surface area contributed by atoms with Crippen molar-refractivity contribution in [2.24, 2.45) is 0 Å². The average molecular weight is 300 g/mol. The summed E-state index contributed by atoms with van der Waals surface area (Å²) in [7, 11) is -3.36. The molecule has 1 aromatic carbocycles. The molecule has 0 aliphatic rings. The van der Waals surface area contributed by atoms with E-state index in [9.17, 15) is 17.6 Å². The van der Waals surface area contributed by atoms with Crippen LogP contribution in [0.25, 0.3) is 0 Å². The minimum Gasteiger partial charge on any atom is -0.351 e. The third-order valence-electron chi connectivity index (χ3n) is 2.57. The number of sulfonamides is 1. The van der Waals surface area contributed by atoms with Gasteiger partial charge < -0.3 is 5.32 Å². The van der Waals surface area contributed by atoms with E-state index in [1.807, 2.05) is 0 Å². The lowest BCUT2D eigenvalue weighted by molar-refractivity contribution is 0.0948. The molecule has 0 saturated carbocycles. The predicted octanol–water partition coefficient (Wildman–Crippen LogP) is 1.00. The summed E-state index contributed by atoms with van der Waals surface area (Å²) in [5.41, 5.74) is -0.0675. The van der Waals surface area contributed by atoms with Crippen molar-refractivity contribution in [3.05, 3.63) is 48.3 Å². The maximum atomic E-state index is 13.4. The molecule has 0 aliphatic heterocycles. The number of nitrogens with one attached hydrogen (secondary N) is 1. The largest absolute Gasteiger partial charge is 0.351 e. The van der Waals surface area contributed by atoms with Crippen molar-refractivity contribution in [1.82, 2.24) is 9.62 Å². The molecular formula is C13H17FN2O3S. The van der Waals surface area contributed by atoms with Gasteiger partial charge in [-0.25, -0.2) is 12.8 Å². The van der Waals surface area contributed by atoms with Crippen LogP contribution in [0.4, 0.5) is 4.39 Å². The summed E-state index contributed by atoms with van der Waals surface area (Å²) in [5.74, 6) is -1.19. The highest BCUT2D eigenvalue weighted by atomic mass is 32.2. The van der Waals surface area contributed by atoms with Crippen LogP contribution in [0.3, 0.4) is 0 Å². The first-order valence-electron chi connectivity index (χ1n) is 5.95. The molecule has 0 atom stereocenters. The third-order valence-corrected chi connectivity index (χ3v) is 3.84. The van der Waals surface area contributed by atoms with E-state index in [0.29, 0.717) is 0 Å². The first-order valence-corrected chi connectivity index (χ1v) is 7.80. The number of nitrogens with zero attached hydrogens (tertiary/aromatic N) is 1. The van der Waals surface area contributed by atoms with Gasteiger partial charge in [0.15, 0.2) is 0 Å².